The van der Waals surface area contributed by atoms with E-state index in [9.17, 15) is 0 Å². The van der Waals surface area contributed by atoms with Gasteiger partial charge >= 0.3 is 0 Å². The first-order valence-electron chi connectivity index (χ1n) is 5.78. The van der Waals surface area contributed by atoms with Crippen LogP contribution in [0.4, 0.5) is 0 Å². The molecule has 0 aromatic heterocycles. The van der Waals surface area contributed by atoms with Gasteiger partial charge in [0.15, 0.2) is 0 Å². The molecule has 0 nitrogen and oxygen atoms in total. The highest BCUT2D eigenvalue weighted by Gasteiger charge is 2.00. The molecule has 0 aliphatic heterocycles. The van der Waals surface area contributed by atoms with Crippen LogP contribution in [0.1, 0.15) is 48.5 Å². The summed E-state index contributed by atoms with van der Waals surface area (Å²) in [4.78, 5) is 0. The summed E-state index contributed by atoms with van der Waals surface area (Å²) in [7, 11) is 0.623. The Balaban J connectivity index is 0. The molecule has 0 spiro atoms. The lowest BCUT2D eigenvalue weighted by molar-refractivity contribution is 1.29. The Bertz CT molecular complexity index is 295. The molecular formula is C15H27P. The van der Waals surface area contributed by atoms with Crippen LogP contribution in [0, 0.1) is 0 Å². The lowest BCUT2D eigenvalue weighted by atomic mass is 10.2. The van der Waals surface area contributed by atoms with Gasteiger partial charge in [-0.3, -0.25) is 0 Å². The molecular weight excluding hydrogens is 211 g/mol. The fourth-order valence-corrected chi connectivity index (χ4v) is 2.16. The molecule has 0 saturated carbocycles. The molecule has 0 bridgehead atoms. The van der Waals surface area contributed by atoms with E-state index in [2.05, 4.69) is 53.9 Å². The van der Waals surface area contributed by atoms with Crippen LogP contribution in [0.3, 0.4) is 0 Å². The Labute approximate surface area is 104 Å². The van der Waals surface area contributed by atoms with Crippen molar-refractivity contribution in [1.82, 2.24) is 0 Å². The second-order valence-corrected chi connectivity index (χ2v) is 5.47. The Hall–Kier alpha value is -0.610. The third-order valence-electron chi connectivity index (χ3n) is 1.98. The van der Waals surface area contributed by atoms with Gasteiger partial charge in [-0.05, 0) is 50.8 Å². The van der Waals surface area contributed by atoms with Crippen molar-refractivity contribution >= 4 is 8.58 Å². The van der Waals surface area contributed by atoms with Crippen LogP contribution in [0.2, 0.25) is 0 Å². The summed E-state index contributed by atoms with van der Waals surface area (Å²) in [5.74, 6) is 0. The zero-order valence-corrected chi connectivity index (χ0v) is 13.0. The van der Waals surface area contributed by atoms with E-state index in [1.54, 1.807) is 0 Å². The average molecular weight is 238 g/mol. The smallest absolute Gasteiger partial charge is 0.0270 e. The zero-order chi connectivity index (χ0) is 13.3. The Kier molecular flexibility index (Phi) is 10.7. The Morgan fingerprint density at radius 3 is 1.69 bits per heavy atom. The van der Waals surface area contributed by atoms with Gasteiger partial charge in [-0.1, -0.05) is 52.8 Å². The summed E-state index contributed by atoms with van der Waals surface area (Å²) in [6.07, 6.45) is 2.13. The van der Waals surface area contributed by atoms with Crippen molar-refractivity contribution in [3.63, 3.8) is 0 Å². The van der Waals surface area contributed by atoms with Gasteiger partial charge in [-0.15, -0.1) is 0 Å². The highest BCUT2D eigenvalue weighted by atomic mass is 31.1. The summed E-state index contributed by atoms with van der Waals surface area (Å²) in [5, 5.41) is 2.36. The summed E-state index contributed by atoms with van der Waals surface area (Å²) < 4.78 is 0. The van der Waals surface area contributed by atoms with E-state index in [0.717, 1.165) is 5.31 Å². The third kappa shape index (κ3) is 8.68. The number of allylic oxidation sites excluding steroid dienone is 6. The molecule has 0 aliphatic carbocycles. The van der Waals surface area contributed by atoms with Crippen molar-refractivity contribution in [2.24, 2.45) is 0 Å². The quantitative estimate of drug-likeness (QED) is 0.413. The van der Waals surface area contributed by atoms with Gasteiger partial charge in [-0.25, -0.2) is 0 Å². The topological polar surface area (TPSA) is 0 Å². The fraction of sp³-hybridized carbons (Fsp3) is 0.467. The van der Waals surface area contributed by atoms with Crippen molar-refractivity contribution in [2.75, 3.05) is 0 Å². The largest absolute Gasteiger partial charge is 0.0912 e. The number of hydrogen-bond donors (Lipinski definition) is 0. The van der Waals surface area contributed by atoms with Gasteiger partial charge in [-0.2, -0.15) is 0 Å². The lowest BCUT2D eigenvalue weighted by Crippen LogP contribution is -1.80. The van der Waals surface area contributed by atoms with Crippen molar-refractivity contribution in [2.45, 2.75) is 48.5 Å². The maximum Gasteiger partial charge on any atom is -0.0270 e. The molecule has 0 rings (SSSR count). The van der Waals surface area contributed by atoms with Crippen LogP contribution < -0.4 is 0 Å². The van der Waals surface area contributed by atoms with Gasteiger partial charge in [0.25, 0.3) is 0 Å². The van der Waals surface area contributed by atoms with E-state index in [4.69, 9.17) is 0 Å². The van der Waals surface area contributed by atoms with Crippen LogP contribution >= 0.6 is 8.58 Å². The highest BCUT2D eigenvalue weighted by molar-refractivity contribution is 7.48. The molecule has 0 amide bonds. The fourth-order valence-electron chi connectivity index (χ4n) is 0.974. The number of rotatable bonds is 4. The van der Waals surface area contributed by atoms with E-state index in [0.29, 0.717) is 8.58 Å². The molecule has 0 N–H and O–H groups in total. The lowest BCUT2D eigenvalue weighted by Gasteiger charge is -2.08. The monoisotopic (exact) mass is 238 g/mol. The molecule has 1 heteroatoms. The average Bonchev–Trinajstić information content (AvgIpc) is 2.17. The minimum atomic E-state index is 0.623. The predicted molar refractivity (Wildman–Crippen MR) is 81.4 cm³/mol. The predicted octanol–water partition coefficient (Wildman–Crippen LogP) is 6.04. The Morgan fingerprint density at radius 2 is 1.38 bits per heavy atom. The molecule has 0 heterocycles. The summed E-state index contributed by atoms with van der Waals surface area (Å²) >= 11 is 0. The van der Waals surface area contributed by atoms with Crippen molar-refractivity contribution < 1.29 is 0 Å². The molecule has 92 valence electrons. The van der Waals surface area contributed by atoms with E-state index in [-0.39, 0.29) is 0 Å². The van der Waals surface area contributed by atoms with Crippen LogP contribution in [0.15, 0.2) is 46.6 Å². The molecule has 0 aromatic carbocycles. The van der Waals surface area contributed by atoms with E-state index >= 15 is 0 Å². The molecule has 1 unspecified atom stereocenters. The van der Waals surface area contributed by atoms with Gasteiger partial charge in [0.1, 0.15) is 0 Å². The summed E-state index contributed by atoms with van der Waals surface area (Å²) in [6, 6.07) is 0. The second kappa shape index (κ2) is 9.60. The SMILES string of the molecule is C=C(C=C(C)C)PC(=C)C(C)=C(C)C.CC. The van der Waals surface area contributed by atoms with Gasteiger partial charge in [0.05, 0.1) is 0 Å². The first-order valence-corrected chi connectivity index (χ1v) is 6.78. The standard InChI is InChI=1S/C13H21P.C2H6/c1-9(2)8-11(5)14-13(7)12(6)10(3)4;1-2/h8,14H,5,7H2,1-4,6H3;1-2H3. The molecule has 1 atom stereocenters. The van der Waals surface area contributed by atoms with Gasteiger partial charge in [0.2, 0.25) is 0 Å². The first kappa shape index (κ1) is 17.8. The van der Waals surface area contributed by atoms with Crippen LogP contribution in [0.5, 0.6) is 0 Å². The zero-order valence-electron chi connectivity index (χ0n) is 12.0. The maximum absolute atomic E-state index is 4.09. The van der Waals surface area contributed by atoms with Crippen LogP contribution in [-0.4, -0.2) is 0 Å². The van der Waals surface area contributed by atoms with Crippen molar-refractivity contribution in [3.8, 4) is 0 Å². The minimum Gasteiger partial charge on any atom is -0.0912 e. The molecule has 0 radical (unpaired) electrons. The third-order valence-corrected chi connectivity index (χ3v) is 3.12. The van der Waals surface area contributed by atoms with Gasteiger partial charge < -0.3 is 0 Å². The van der Waals surface area contributed by atoms with Crippen molar-refractivity contribution in [3.05, 3.63) is 46.6 Å². The molecule has 0 fully saturated rings. The van der Waals surface area contributed by atoms with Crippen LogP contribution in [0.25, 0.3) is 0 Å². The number of hydrogen-bond acceptors (Lipinski definition) is 0. The summed E-state index contributed by atoms with van der Waals surface area (Å²) in [5.41, 5.74) is 3.95. The molecule has 0 aromatic rings. The van der Waals surface area contributed by atoms with Crippen LogP contribution in [-0.2, 0) is 0 Å². The van der Waals surface area contributed by atoms with Gasteiger partial charge in [0, 0.05) is 0 Å². The maximum atomic E-state index is 4.09. The minimum absolute atomic E-state index is 0.623. The van der Waals surface area contributed by atoms with E-state index in [1.807, 2.05) is 13.8 Å². The Morgan fingerprint density at radius 1 is 0.938 bits per heavy atom. The molecule has 0 aliphatic rings. The van der Waals surface area contributed by atoms with E-state index in [1.165, 1.54) is 22.0 Å². The first-order chi connectivity index (χ1) is 7.34. The highest BCUT2D eigenvalue weighted by Crippen LogP contribution is 2.37. The normalized spacial score (nSPS) is 9.19. The summed E-state index contributed by atoms with van der Waals surface area (Å²) in [6.45, 7) is 22.7. The second-order valence-electron chi connectivity index (χ2n) is 3.98. The molecule has 16 heavy (non-hydrogen) atoms. The van der Waals surface area contributed by atoms with E-state index < -0.39 is 0 Å². The molecule has 0 saturated heterocycles. The van der Waals surface area contributed by atoms with Crippen molar-refractivity contribution in [1.29, 1.82) is 0 Å².